The lowest BCUT2D eigenvalue weighted by molar-refractivity contribution is 0.133. The molecule has 0 bridgehead atoms. The van der Waals surface area contributed by atoms with Crippen LogP contribution in [0.15, 0.2) is 30.6 Å². The summed E-state index contributed by atoms with van der Waals surface area (Å²) < 4.78 is 13.1. The molecular weight excluding hydrogens is 304 g/mol. The van der Waals surface area contributed by atoms with Gasteiger partial charge in [0.25, 0.3) is 0 Å². The van der Waals surface area contributed by atoms with Crippen LogP contribution in [0.25, 0.3) is 0 Å². The van der Waals surface area contributed by atoms with Crippen molar-refractivity contribution in [1.82, 2.24) is 19.7 Å². The van der Waals surface area contributed by atoms with Gasteiger partial charge in [-0.15, -0.1) is 0 Å². The molecule has 6 heteroatoms. The lowest BCUT2D eigenvalue weighted by Crippen LogP contribution is -2.35. The highest BCUT2D eigenvalue weighted by molar-refractivity contribution is 5.31. The van der Waals surface area contributed by atoms with E-state index in [0.29, 0.717) is 5.92 Å². The average Bonchev–Trinajstić information content (AvgIpc) is 3.08. The largest absolute Gasteiger partial charge is 0.497 e. The van der Waals surface area contributed by atoms with E-state index in [-0.39, 0.29) is 0 Å². The zero-order valence-electron chi connectivity index (χ0n) is 14.5. The lowest BCUT2D eigenvalue weighted by Gasteiger charge is -2.31. The van der Waals surface area contributed by atoms with Gasteiger partial charge in [-0.3, -0.25) is 4.90 Å². The van der Waals surface area contributed by atoms with Crippen LogP contribution in [0.5, 0.6) is 11.5 Å². The zero-order chi connectivity index (χ0) is 16.8. The molecule has 2 aromatic rings. The number of aryl methyl sites for hydroxylation is 1. The maximum atomic E-state index is 5.92. The monoisotopic (exact) mass is 330 g/mol. The fourth-order valence-electron chi connectivity index (χ4n) is 3.07. The van der Waals surface area contributed by atoms with Crippen LogP contribution in [0.1, 0.15) is 25.6 Å². The van der Waals surface area contributed by atoms with E-state index in [0.717, 1.165) is 63.0 Å². The number of likely N-dealkylation sites (tertiary alicyclic amines) is 1. The molecule has 1 fully saturated rings. The summed E-state index contributed by atoms with van der Waals surface area (Å²) in [5, 5.41) is 4.24. The van der Waals surface area contributed by atoms with Crippen molar-refractivity contribution in [2.75, 3.05) is 26.8 Å². The number of rotatable bonds is 7. The minimum atomic E-state index is 0.618. The summed E-state index contributed by atoms with van der Waals surface area (Å²) >= 11 is 0. The molecule has 24 heavy (non-hydrogen) atoms. The third-order valence-electron chi connectivity index (χ3n) is 4.61. The Morgan fingerprint density at radius 1 is 1.12 bits per heavy atom. The van der Waals surface area contributed by atoms with Crippen molar-refractivity contribution >= 4 is 0 Å². The smallest absolute Gasteiger partial charge is 0.140 e. The Bertz CT molecular complexity index is 618. The van der Waals surface area contributed by atoms with E-state index >= 15 is 0 Å². The molecule has 0 N–H and O–H groups in total. The molecule has 1 saturated heterocycles. The van der Waals surface area contributed by atoms with E-state index in [9.17, 15) is 0 Å². The Labute approximate surface area is 143 Å². The molecule has 1 aliphatic rings. The first-order chi connectivity index (χ1) is 11.8. The highest BCUT2D eigenvalue weighted by Gasteiger charge is 2.21. The van der Waals surface area contributed by atoms with Crippen molar-refractivity contribution in [2.24, 2.45) is 5.92 Å². The Kier molecular flexibility index (Phi) is 5.69. The summed E-state index contributed by atoms with van der Waals surface area (Å²) in [7, 11) is 1.67. The molecule has 0 aliphatic carbocycles. The van der Waals surface area contributed by atoms with E-state index < -0.39 is 0 Å². The maximum Gasteiger partial charge on any atom is 0.140 e. The van der Waals surface area contributed by atoms with Gasteiger partial charge in [0.15, 0.2) is 0 Å². The fraction of sp³-hybridized carbons (Fsp3) is 0.556. The number of piperidine rings is 1. The van der Waals surface area contributed by atoms with Crippen molar-refractivity contribution in [3.05, 3.63) is 36.4 Å². The van der Waals surface area contributed by atoms with Crippen molar-refractivity contribution < 1.29 is 9.47 Å². The predicted molar refractivity (Wildman–Crippen MR) is 92.2 cm³/mol. The van der Waals surface area contributed by atoms with E-state index in [1.165, 1.54) is 0 Å². The number of hydrogen-bond donors (Lipinski definition) is 0. The third-order valence-corrected chi connectivity index (χ3v) is 4.61. The SMILES string of the molecule is CCn1ncnc1CN1CCC(COc2ccc(OC)cc2)CC1. The first kappa shape index (κ1) is 16.8. The Morgan fingerprint density at radius 2 is 1.83 bits per heavy atom. The minimum Gasteiger partial charge on any atom is -0.497 e. The first-order valence-corrected chi connectivity index (χ1v) is 8.64. The van der Waals surface area contributed by atoms with E-state index in [1.807, 2.05) is 28.9 Å². The highest BCUT2D eigenvalue weighted by Crippen LogP contribution is 2.22. The van der Waals surface area contributed by atoms with Crippen LogP contribution >= 0.6 is 0 Å². The molecule has 0 amide bonds. The number of ether oxygens (including phenoxy) is 2. The number of hydrogen-bond acceptors (Lipinski definition) is 5. The normalized spacial score (nSPS) is 16.2. The predicted octanol–water partition coefficient (Wildman–Crippen LogP) is 2.60. The lowest BCUT2D eigenvalue weighted by atomic mass is 9.98. The quantitative estimate of drug-likeness (QED) is 0.781. The fourth-order valence-corrected chi connectivity index (χ4v) is 3.07. The molecule has 6 nitrogen and oxygen atoms in total. The summed E-state index contributed by atoms with van der Waals surface area (Å²) in [5.41, 5.74) is 0. The number of methoxy groups -OCH3 is 1. The molecule has 130 valence electrons. The highest BCUT2D eigenvalue weighted by atomic mass is 16.5. The molecule has 1 aromatic carbocycles. The van der Waals surface area contributed by atoms with Crippen molar-refractivity contribution in [3.8, 4) is 11.5 Å². The Balaban J connectivity index is 1.41. The average molecular weight is 330 g/mol. The number of nitrogens with zero attached hydrogens (tertiary/aromatic N) is 4. The molecule has 2 heterocycles. The molecule has 1 aromatic heterocycles. The van der Waals surface area contributed by atoms with Gasteiger partial charge in [-0.25, -0.2) is 9.67 Å². The van der Waals surface area contributed by atoms with Gasteiger partial charge in [0.1, 0.15) is 23.7 Å². The second-order valence-corrected chi connectivity index (χ2v) is 6.20. The molecule has 3 rings (SSSR count). The molecule has 0 spiro atoms. The van der Waals surface area contributed by atoms with Crippen LogP contribution in [0, 0.1) is 5.92 Å². The van der Waals surface area contributed by atoms with Crippen molar-refractivity contribution in [3.63, 3.8) is 0 Å². The van der Waals surface area contributed by atoms with Gasteiger partial charge in [0, 0.05) is 6.54 Å². The molecule has 0 unspecified atom stereocenters. The minimum absolute atomic E-state index is 0.618. The van der Waals surface area contributed by atoms with Crippen molar-refractivity contribution in [1.29, 1.82) is 0 Å². The second kappa shape index (κ2) is 8.15. The number of aromatic nitrogens is 3. The van der Waals surface area contributed by atoms with Crippen LogP contribution in [-0.2, 0) is 13.1 Å². The summed E-state index contributed by atoms with van der Waals surface area (Å²) in [6.45, 7) is 6.83. The molecule has 0 radical (unpaired) electrons. The van der Waals surface area contributed by atoms with Crippen LogP contribution in [0.3, 0.4) is 0 Å². The number of benzene rings is 1. The Hall–Kier alpha value is -2.08. The molecule has 1 aliphatic heterocycles. The van der Waals surface area contributed by atoms with Gasteiger partial charge in [0.2, 0.25) is 0 Å². The van der Waals surface area contributed by atoms with E-state index in [1.54, 1.807) is 13.4 Å². The van der Waals surface area contributed by atoms with Gasteiger partial charge < -0.3 is 9.47 Å². The Morgan fingerprint density at radius 3 is 2.50 bits per heavy atom. The summed E-state index contributed by atoms with van der Waals surface area (Å²) in [4.78, 5) is 6.82. The first-order valence-electron chi connectivity index (χ1n) is 8.64. The van der Waals surface area contributed by atoms with Gasteiger partial charge >= 0.3 is 0 Å². The van der Waals surface area contributed by atoms with Crippen LogP contribution in [0.2, 0.25) is 0 Å². The zero-order valence-corrected chi connectivity index (χ0v) is 14.5. The topological polar surface area (TPSA) is 52.4 Å². The second-order valence-electron chi connectivity index (χ2n) is 6.20. The molecule has 0 atom stereocenters. The summed E-state index contributed by atoms with van der Waals surface area (Å²) in [6.07, 6.45) is 3.97. The summed E-state index contributed by atoms with van der Waals surface area (Å²) in [6, 6.07) is 7.79. The van der Waals surface area contributed by atoms with Crippen molar-refractivity contribution in [2.45, 2.75) is 32.9 Å². The van der Waals surface area contributed by atoms with Crippen LogP contribution < -0.4 is 9.47 Å². The van der Waals surface area contributed by atoms with E-state index in [4.69, 9.17) is 9.47 Å². The van der Waals surface area contributed by atoms with Gasteiger partial charge in [-0.05, 0) is 63.0 Å². The van der Waals surface area contributed by atoms with E-state index in [2.05, 4.69) is 21.9 Å². The van der Waals surface area contributed by atoms with Gasteiger partial charge in [-0.2, -0.15) is 5.10 Å². The van der Waals surface area contributed by atoms with Crippen LogP contribution in [-0.4, -0.2) is 46.5 Å². The molecule has 0 saturated carbocycles. The third kappa shape index (κ3) is 4.26. The molecular formula is C18H26N4O2. The van der Waals surface area contributed by atoms with Crippen LogP contribution in [0.4, 0.5) is 0 Å². The van der Waals surface area contributed by atoms with Gasteiger partial charge in [-0.1, -0.05) is 0 Å². The standard InChI is InChI=1S/C18H26N4O2/c1-3-22-18(19-14-20-22)12-21-10-8-15(9-11-21)13-24-17-6-4-16(23-2)5-7-17/h4-7,14-15H,3,8-13H2,1-2H3. The van der Waals surface area contributed by atoms with Gasteiger partial charge in [0.05, 0.1) is 20.3 Å². The maximum absolute atomic E-state index is 5.92. The summed E-state index contributed by atoms with van der Waals surface area (Å²) in [5.74, 6) is 3.45.